The van der Waals surface area contributed by atoms with E-state index in [1.54, 1.807) is 19.4 Å². The summed E-state index contributed by atoms with van der Waals surface area (Å²) in [6, 6.07) is 10.9. The number of carbonyl (C=O) groups is 1. The maximum atomic E-state index is 13.1. The zero-order valence-corrected chi connectivity index (χ0v) is 17.3. The van der Waals surface area contributed by atoms with Gasteiger partial charge in [-0.15, -0.1) is 0 Å². The Bertz CT molecular complexity index is 1140. The van der Waals surface area contributed by atoms with Crippen LogP contribution in [0.4, 0.5) is 5.95 Å². The van der Waals surface area contributed by atoms with Gasteiger partial charge in [0.1, 0.15) is 6.10 Å². The third-order valence-corrected chi connectivity index (χ3v) is 5.60. The number of carbonyl (C=O) groups excluding carboxylic acids is 1. The zero-order chi connectivity index (χ0) is 21.3. The van der Waals surface area contributed by atoms with Gasteiger partial charge in [0.15, 0.2) is 5.78 Å². The van der Waals surface area contributed by atoms with Gasteiger partial charge in [0.25, 0.3) is 5.56 Å². The summed E-state index contributed by atoms with van der Waals surface area (Å²) in [5, 5.41) is 0. The summed E-state index contributed by atoms with van der Waals surface area (Å²) in [5.74, 6) is 0.479. The second kappa shape index (κ2) is 8.20. The number of nitrogens with zero attached hydrogens (tertiary/aromatic N) is 4. The molecule has 30 heavy (non-hydrogen) atoms. The number of pyridine rings is 1. The van der Waals surface area contributed by atoms with Crippen molar-refractivity contribution < 1.29 is 9.53 Å². The van der Waals surface area contributed by atoms with Crippen LogP contribution in [-0.2, 0) is 11.8 Å². The monoisotopic (exact) mass is 404 g/mol. The number of anilines is 1. The number of ketones is 1. The fourth-order valence-electron chi connectivity index (χ4n) is 3.66. The van der Waals surface area contributed by atoms with Crippen molar-refractivity contribution in [1.29, 1.82) is 0 Å². The minimum Gasteiger partial charge on any atom is -0.366 e. The van der Waals surface area contributed by atoms with Crippen LogP contribution in [0.5, 0.6) is 0 Å². The molecule has 1 atom stereocenters. The minimum absolute atomic E-state index is 0.0452. The van der Waals surface area contributed by atoms with Gasteiger partial charge >= 0.3 is 0 Å². The molecule has 0 amide bonds. The molecule has 3 aromatic rings. The van der Waals surface area contributed by atoms with Gasteiger partial charge in [-0.25, -0.2) is 4.98 Å². The van der Waals surface area contributed by atoms with E-state index in [0.717, 1.165) is 16.7 Å². The Hall–Kier alpha value is -3.32. The third kappa shape index (κ3) is 3.76. The molecular formula is C23H24N4O3. The highest BCUT2D eigenvalue weighted by molar-refractivity contribution is 6.01. The van der Waals surface area contributed by atoms with Crippen LogP contribution in [0, 0.1) is 13.8 Å². The van der Waals surface area contributed by atoms with E-state index < -0.39 is 6.10 Å². The van der Waals surface area contributed by atoms with E-state index >= 15 is 0 Å². The molecule has 0 N–H and O–H groups in total. The van der Waals surface area contributed by atoms with E-state index in [4.69, 9.17) is 9.72 Å². The molecule has 3 heterocycles. The van der Waals surface area contributed by atoms with Crippen molar-refractivity contribution in [3.8, 4) is 11.3 Å². The molecule has 1 saturated heterocycles. The molecular weight excluding hydrogens is 380 g/mol. The zero-order valence-electron chi connectivity index (χ0n) is 17.3. The summed E-state index contributed by atoms with van der Waals surface area (Å²) in [7, 11) is 1.69. The first-order chi connectivity index (χ1) is 14.5. The van der Waals surface area contributed by atoms with Crippen LogP contribution < -0.4 is 10.5 Å². The van der Waals surface area contributed by atoms with Crippen LogP contribution in [-0.4, -0.2) is 46.1 Å². The number of hydrogen-bond donors (Lipinski definition) is 0. The molecule has 2 aromatic heterocycles. The third-order valence-electron chi connectivity index (χ3n) is 5.60. The van der Waals surface area contributed by atoms with Crippen molar-refractivity contribution in [2.45, 2.75) is 20.0 Å². The van der Waals surface area contributed by atoms with Crippen molar-refractivity contribution in [2.24, 2.45) is 7.05 Å². The number of hydrogen-bond acceptors (Lipinski definition) is 6. The SMILES string of the molecule is Cc1cccc(C(=O)C2CN(c3nc(-c4ccncc4)cc(=O)n3C)CCO2)c1C. The smallest absolute Gasteiger partial charge is 0.255 e. The number of aryl methyl sites for hydroxylation is 1. The first kappa shape index (κ1) is 20.0. The number of Topliss-reactive ketones (excluding diaryl/α,β-unsaturated/α-hetero) is 1. The van der Waals surface area contributed by atoms with Gasteiger partial charge in [-0.2, -0.15) is 0 Å². The maximum Gasteiger partial charge on any atom is 0.255 e. The summed E-state index contributed by atoms with van der Waals surface area (Å²) in [6.07, 6.45) is 2.73. The average molecular weight is 404 g/mol. The highest BCUT2D eigenvalue weighted by atomic mass is 16.5. The van der Waals surface area contributed by atoms with E-state index in [0.29, 0.717) is 36.9 Å². The molecule has 1 fully saturated rings. The Morgan fingerprint density at radius 2 is 1.93 bits per heavy atom. The Kier molecular flexibility index (Phi) is 5.46. The summed E-state index contributed by atoms with van der Waals surface area (Å²) in [5.41, 5.74) is 3.96. The first-order valence-electron chi connectivity index (χ1n) is 9.91. The first-order valence-corrected chi connectivity index (χ1v) is 9.91. The molecule has 0 radical (unpaired) electrons. The number of aromatic nitrogens is 3. The molecule has 7 nitrogen and oxygen atoms in total. The van der Waals surface area contributed by atoms with Gasteiger partial charge in [0.05, 0.1) is 18.8 Å². The summed E-state index contributed by atoms with van der Waals surface area (Å²) in [6.45, 7) is 5.22. The molecule has 1 aromatic carbocycles. The molecule has 1 unspecified atom stereocenters. The lowest BCUT2D eigenvalue weighted by Gasteiger charge is -2.34. The average Bonchev–Trinajstić information content (AvgIpc) is 2.77. The van der Waals surface area contributed by atoms with Gasteiger partial charge < -0.3 is 9.64 Å². The van der Waals surface area contributed by atoms with Gasteiger partial charge in [0, 0.05) is 43.2 Å². The van der Waals surface area contributed by atoms with Gasteiger partial charge in [-0.1, -0.05) is 18.2 Å². The van der Waals surface area contributed by atoms with E-state index in [9.17, 15) is 9.59 Å². The van der Waals surface area contributed by atoms with Crippen LogP contribution in [0.2, 0.25) is 0 Å². The minimum atomic E-state index is -0.610. The Balaban J connectivity index is 1.65. The predicted molar refractivity (Wildman–Crippen MR) is 115 cm³/mol. The van der Waals surface area contributed by atoms with Crippen LogP contribution in [0.15, 0.2) is 53.6 Å². The molecule has 1 aliphatic heterocycles. The normalized spacial score (nSPS) is 16.5. The number of benzene rings is 1. The van der Waals surface area contributed by atoms with E-state index in [2.05, 4.69) is 4.98 Å². The lowest BCUT2D eigenvalue weighted by molar-refractivity contribution is 0.0336. The number of rotatable bonds is 4. The Morgan fingerprint density at radius 1 is 1.17 bits per heavy atom. The van der Waals surface area contributed by atoms with Crippen molar-refractivity contribution in [3.05, 3.63) is 75.8 Å². The molecule has 7 heteroatoms. The molecule has 1 aliphatic rings. The van der Waals surface area contributed by atoms with Crippen LogP contribution in [0.1, 0.15) is 21.5 Å². The summed E-state index contributed by atoms with van der Waals surface area (Å²) < 4.78 is 7.32. The largest absolute Gasteiger partial charge is 0.366 e. The quantitative estimate of drug-likeness (QED) is 0.622. The highest BCUT2D eigenvalue weighted by Gasteiger charge is 2.30. The summed E-state index contributed by atoms with van der Waals surface area (Å²) >= 11 is 0. The molecule has 154 valence electrons. The van der Waals surface area contributed by atoms with E-state index in [1.807, 2.05) is 49.1 Å². The lowest BCUT2D eigenvalue weighted by atomic mass is 9.97. The van der Waals surface area contributed by atoms with Crippen molar-refractivity contribution in [3.63, 3.8) is 0 Å². The number of morpholine rings is 1. The lowest BCUT2D eigenvalue weighted by Crippen LogP contribution is -2.48. The van der Waals surface area contributed by atoms with Crippen LogP contribution >= 0.6 is 0 Å². The topological polar surface area (TPSA) is 77.3 Å². The Labute approximate surface area is 175 Å². The van der Waals surface area contributed by atoms with Crippen molar-refractivity contribution >= 4 is 11.7 Å². The van der Waals surface area contributed by atoms with Crippen molar-refractivity contribution in [1.82, 2.24) is 14.5 Å². The Morgan fingerprint density at radius 3 is 2.70 bits per heavy atom. The maximum absolute atomic E-state index is 13.1. The van der Waals surface area contributed by atoms with Crippen molar-refractivity contribution in [2.75, 3.05) is 24.6 Å². The van der Waals surface area contributed by atoms with Crippen LogP contribution in [0.25, 0.3) is 11.3 Å². The predicted octanol–water partition coefficient (Wildman–Crippen LogP) is 2.55. The molecule has 0 spiro atoms. The highest BCUT2D eigenvalue weighted by Crippen LogP contribution is 2.22. The second-order valence-electron chi connectivity index (χ2n) is 7.49. The van der Waals surface area contributed by atoms with Gasteiger partial charge in [-0.3, -0.25) is 19.1 Å². The molecule has 0 saturated carbocycles. The fourth-order valence-corrected chi connectivity index (χ4v) is 3.66. The molecule has 0 aliphatic carbocycles. The van der Waals surface area contributed by atoms with E-state index in [-0.39, 0.29) is 11.3 Å². The second-order valence-corrected chi connectivity index (χ2v) is 7.49. The summed E-state index contributed by atoms with van der Waals surface area (Å²) in [4.78, 5) is 36.4. The number of ether oxygens (including phenoxy) is 1. The van der Waals surface area contributed by atoms with E-state index in [1.165, 1.54) is 10.6 Å². The van der Waals surface area contributed by atoms with Gasteiger partial charge in [-0.05, 0) is 37.1 Å². The molecule has 4 rings (SSSR count). The van der Waals surface area contributed by atoms with Gasteiger partial charge in [0.2, 0.25) is 5.95 Å². The molecule has 0 bridgehead atoms. The standard InChI is InChI=1S/C23H24N4O3/c1-15-5-4-6-18(16(15)2)22(29)20-14-27(11-12-30-20)23-25-19(13-21(28)26(23)3)17-7-9-24-10-8-17/h4-10,13,20H,11-12,14H2,1-3H3. The van der Waals surface area contributed by atoms with Crippen LogP contribution in [0.3, 0.4) is 0 Å². The fraction of sp³-hybridized carbons (Fsp3) is 0.304.